The third kappa shape index (κ3) is 4.31. The first-order valence-electron chi connectivity index (χ1n) is 6.99. The zero-order chi connectivity index (χ0) is 15.9. The van der Waals surface area contributed by atoms with E-state index in [-0.39, 0.29) is 0 Å². The van der Waals surface area contributed by atoms with E-state index in [1.807, 2.05) is 73.7 Å². The molecule has 2 aromatic rings. The van der Waals surface area contributed by atoms with Gasteiger partial charge in [-0.1, -0.05) is 85.4 Å². The topological polar surface area (TPSA) is 12.4 Å². The Hall–Kier alpha value is -2.38. The van der Waals surface area contributed by atoms with Crippen LogP contribution in [0.1, 0.15) is 18.1 Å². The number of nitrogens with zero attached hydrogens (tertiary/aromatic N) is 1. The van der Waals surface area contributed by atoms with E-state index in [4.69, 9.17) is 16.6 Å². The minimum atomic E-state index is 0.418. The van der Waals surface area contributed by atoms with Gasteiger partial charge in [0.05, 0.1) is 5.70 Å². The summed E-state index contributed by atoms with van der Waals surface area (Å²) in [6.45, 7) is 9.62. The van der Waals surface area contributed by atoms with E-state index in [0.29, 0.717) is 10.6 Å². The molecule has 0 saturated carbocycles. The molecule has 1 nitrogen and oxygen atoms in total. The largest absolute Gasteiger partial charge is 0.252 e. The summed E-state index contributed by atoms with van der Waals surface area (Å²) in [5, 5.41) is 0.418. The minimum Gasteiger partial charge on any atom is -0.252 e. The maximum absolute atomic E-state index is 5.93. The van der Waals surface area contributed by atoms with Gasteiger partial charge in [0, 0.05) is 16.3 Å². The van der Waals surface area contributed by atoms with Gasteiger partial charge in [-0.05, 0) is 24.1 Å². The molecule has 0 amide bonds. The van der Waals surface area contributed by atoms with Gasteiger partial charge in [-0.2, -0.15) is 0 Å². The SMILES string of the molecule is C=C(Cl)C(=C)/C=C(/N=C(\C)c1ccccc1)c1ccccc1. The summed E-state index contributed by atoms with van der Waals surface area (Å²) in [5.74, 6) is 0. The van der Waals surface area contributed by atoms with Crippen LogP contribution in [0.2, 0.25) is 0 Å². The van der Waals surface area contributed by atoms with E-state index in [0.717, 1.165) is 22.5 Å². The van der Waals surface area contributed by atoms with Crippen molar-refractivity contribution in [3.8, 4) is 0 Å². The lowest BCUT2D eigenvalue weighted by Gasteiger charge is -2.07. The zero-order valence-corrected chi connectivity index (χ0v) is 13.3. The molecule has 0 heterocycles. The molecule has 0 saturated heterocycles. The van der Waals surface area contributed by atoms with Crippen molar-refractivity contribution in [2.75, 3.05) is 0 Å². The summed E-state index contributed by atoms with van der Waals surface area (Å²) in [5.41, 5.74) is 4.50. The Kier molecular flexibility index (Phi) is 5.51. The molecule has 110 valence electrons. The fraction of sp³-hybridized carbons (Fsp3) is 0.0500. The second kappa shape index (κ2) is 7.58. The van der Waals surface area contributed by atoms with Gasteiger partial charge in [-0.25, -0.2) is 0 Å². The third-order valence-electron chi connectivity index (χ3n) is 3.21. The number of allylic oxidation sites excluding steroid dienone is 3. The van der Waals surface area contributed by atoms with E-state index in [1.165, 1.54) is 0 Å². The fourth-order valence-corrected chi connectivity index (χ4v) is 2.01. The van der Waals surface area contributed by atoms with E-state index in [1.54, 1.807) is 0 Å². The summed E-state index contributed by atoms with van der Waals surface area (Å²) in [6, 6.07) is 20.0. The predicted molar refractivity (Wildman–Crippen MR) is 97.2 cm³/mol. The van der Waals surface area contributed by atoms with Crippen molar-refractivity contribution in [1.82, 2.24) is 0 Å². The molecule has 0 bridgehead atoms. The molecule has 0 atom stereocenters. The van der Waals surface area contributed by atoms with Gasteiger partial charge in [-0.3, -0.25) is 4.99 Å². The predicted octanol–water partition coefficient (Wildman–Crippen LogP) is 5.85. The smallest absolute Gasteiger partial charge is 0.0711 e. The van der Waals surface area contributed by atoms with Crippen molar-refractivity contribution in [2.45, 2.75) is 6.92 Å². The average molecular weight is 308 g/mol. The highest BCUT2D eigenvalue weighted by Crippen LogP contribution is 2.22. The van der Waals surface area contributed by atoms with Gasteiger partial charge in [0.25, 0.3) is 0 Å². The number of aliphatic imine (C=N–C) groups is 1. The molecule has 22 heavy (non-hydrogen) atoms. The van der Waals surface area contributed by atoms with Crippen LogP contribution in [-0.2, 0) is 0 Å². The van der Waals surface area contributed by atoms with Crippen LogP contribution in [0.25, 0.3) is 5.70 Å². The van der Waals surface area contributed by atoms with Gasteiger partial charge in [-0.15, -0.1) is 0 Å². The van der Waals surface area contributed by atoms with Crippen LogP contribution in [0.15, 0.2) is 95.5 Å². The lowest BCUT2D eigenvalue weighted by Crippen LogP contribution is -1.95. The molecule has 2 aromatic carbocycles. The number of rotatable bonds is 5. The molecule has 0 aliphatic heterocycles. The van der Waals surface area contributed by atoms with Crippen LogP contribution < -0.4 is 0 Å². The van der Waals surface area contributed by atoms with Crippen molar-refractivity contribution in [3.63, 3.8) is 0 Å². The molecule has 2 heteroatoms. The third-order valence-corrected chi connectivity index (χ3v) is 3.45. The molecule has 0 radical (unpaired) electrons. The minimum absolute atomic E-state index is 0.418. The standard InChI is InChI=1S/C20H18ClN/c1-15(16(2)21)14-20(19-12-8-5-9-13-19)22-17(3)18-10-6-4-7-11-18/h4-14H,1-2H2,3H3/b20-14+,22-17+. The summed E-state index contributed by atoms with van der Waals surface area (Å²) in [6.07, 6.45) is 1.86. The number of halogens is 1. The number of hydrogen-bond donors (Lipinski definition) is 0. The number of hydrogen-bond acceptors (Lipinski definition) is 1. The highest BCUT2D eigenvalue weighted by molar-refractivity contribution is 6.32. The maximum Gasteiger partial charge on any atom is 0.0711 e. The number of benzene rings is 2. The lowest BCUT2D eigenvalue weighted by atomic mass is 10.1. The maximum atomic E-state index is 5.93. The first-order valence-corrected chi connectivity index (χ1v) is 7.37. The molecule has 0 unspecified atom stereocenters. The Labute approximate surface area is 137 Å². The van der Waals surface area contributed by atoms with E-state index in [9.17, 15) is 0 Å². The Morgan fingerprint density at radius 2 is 1.41 bits per heavy atom. The second-order valence-electron chi connectivity index (χ2n) is 4.89. The molecule has 0 fully saturated rings. The summed E-state index contributed by atoms with van der Waals surface area (Å²) >= 11 is 5.93. The summed E-state index contributed by atoms with van der Waals surface area (Å²) < 4.78 is 0. The fourth-order valence-electron chi connectivity index (χ4n) is 1.96. The van der Waals surface area contributed by atoms with Gasteiger partial charge < -0.3 is 0 Å². The monoisotopic (exact) mass is 307 g/mol. The zero-order valence-electron chi connectivity index (χ0n) is 12.6. The molecule has 0 aliphatic carbocycles. The summed E-state index contributed by atoms with van der Waals surface area (Å²) in [7, 11) is 0. The van der Waals surface area contributed by atoms with Crippen molar-refractivity contribution in [2.24, 2.45) is 4.99 Å². The van der Waals surface area contributed by atoms with Crippen molar-refractivity contribution in [3.05, 3.63) is 102 Å². The average Bonchev–Trinajstić information content (AvgIpc) is 2.55. The van der Waals surface area contributed by atoms with Crippen molar-refractivity contribution < 1.29 is 0 Å². The second-order valence-corrected chi connectivity index (χ2v) is 5.35. The first kappa shape index (κ1) is 16.0. The van der Waals surface area contributed by atoms with Crippen LogP contribution in [-0.4, -0.2) is 5.71 Å². The van der Waals surface area contributed by atoms with Gasteiger partial charge in [0.2, 0.25) is 0 Å². The van der Waals surface area contributed by atoms with Crippen LogP contribution in [0.3, 0.4) is 0 Å². The van der Waals surface area contributed by atoms with Crippen LogP contribution in [0.4, 0.5) is 0 Å². The van der Waals surface area contributed by atoms with E-state index < -0.39 is 0 Å². The quantitative estimate of drug-likeness (QED) is 0.485. The molecular weight excluding hydrogens is 290 g/mol. The van der Waals surface area contributed by atoms with Crippen molar-refractivity contribution >= 4 is 23.0 Å². The van der Waals surface area contributed by atoms with Gasteiger partial charge in [0.1, 0.15) is 0 Å². The summed E-state index contributed by atoms with van der Waals surface area (Å²) in [4.78, 5) is 4.76. The molecular formula is C20H18ClN. The molecule has 2 rings (SSSR count). The molecule has 0 aromatic heterocycles. The van der Waals surface area contributed by atoms with Gasteiger partial charge in [0.15, 0.2) is 0 Å². The van der Waals surface area contributed by atoms with Crippen LogP contribution in [0.5, 0.6) is 0 Å². The van der Waals surface area contributed by atoms with Crippen LogP contribution >= 0.6 is 11.6 Å². The Balaban J connectivity index is 2.46. The Morgan fingerprint density at radius 3 is 1.91 bits per heavy atom. The van der Waals surface area contributed by atoms with Crippen molar-refractivity contribution in [1.29, 1.82) is 0 Å². The Bertz CT molecular complexity index is 725. The first-order chi connectivity index (χ1) is 10.6. The molecule has 0 aliphatic rings. The lowest BCUT2D eigenvalue weighted by molar-refractivity contribution is 1.46. The van der Waals surface area contributed by atoms with E-state index in [2.05, 4.69) is 13.2 Å². The normalized spacial score (nSPS) is 12.1. The highest BCUT2D eigenvalue weighted by Gasteiger charge is 2.04. The highest BCUT2D eigenvalue weighted by atomic mass is 35.5. The van der Waals surface area contributed by atoms with E-state index >= 15 is 0 Å². The molecule has 0 spiro atoms. The Morgan fingerprint density at radius 1 is 0.909 bits per heavy atom. The van der Waals surface area contributed by atoms with Crippen LogP contribution in [0, 0.1) is 0 Å². The molecule has 0 N–H and O–H groups in total. The van der Waals surface area contributed by atoms with Gasteiger partial charge >= 0.3 is 0 Å².